The fraction of sp³-hybridized carbons (Fsp3) is 0.500. The molecule has 0 aliphatic carbocycles. The van der Waals surface area contributed by atoms with Gasteiger partial charge in [-0.1, -0.05) is 0 Å². The van der Waals surface area contributed by atoms with Gasteiger partial charge in [-0.15, -0.1) is 0 Å². The van der Waals surface area contributed by atoms with E-state index in [0.717, 1.165) is 12.1 Å². The van der Waals surface area contributed by atoms with Crippen LogP contribution in [0.3, 0.4) is 0 Å². The molecule has 0 atom stereocenters. The number of halogens is 4. The predicted molar refractivity (Wildman–Crippen MR) is 77.5 cm³/mol. The Morgan fingerprint density at radius 1 is 1.24 bits per heavy atom. The highest BCUT2D eigenvalue weighted by molar-refractivity contribution is 9.10. The summed E-state index contributed by atoms with van der Waals surface area (Å²) in [7, 11) is -3.59. The molecule has 0 amide bonds. The number of benzene rings is 1. The number of nitrogens with two attached hydrogens (primary N) is 1. The quantitative estimate of drug-likeness (QED) is 0.849. The number of anilines is 1. The van der Waals surface area contributed by atoms with E-state index >= 15 is 0 Å². The highest BCUT2D eigenvalue weighted by atomic mass is 79.9. The zero-order valence-corrected chi connectivity index (χ0v) is 13.3. The molecule has 0 bridgehead atoms. The molecule has 1 heterocycles. The molecular formula is C12H14BrF3N2O2S. The van der Waals surface area contributed by atoms with E-state index in [-0.39, 0.29) is 0 Å². The largest absolute Gasteiger partial charge is 0.416 e. The standard InChI is InChI=1S/C12H14BrF3N2O2S/c13-10-2-1-8(12(14,15)16)7-11(10)18-5-3-9(4-6-18)21(17,19)20/h1-2,7,9H,3-6H2,(H2,17,19,20). The molecule has 1 aliphatic heterocycles. The van der Waals surface area contributed by atoms with E-state index in [9.17, 15) is 21.6 Å². The molecule has 0 saturated carbocycles. The zero-order chi connectivity index (χ0) is 15.8. The molecule has 4 nitrogen and oxygen atoms in total. The van der Waals surface area contributed by atoms with E-state index in [2.05, 4.69) is 15.9 Å². The topological polar surface area (TPSA) is 63.4 Å². The molecule has 0 radical (unpaired) electrons. The third kappa shape index (κ3) is 3.89. The highest BCUT2D eigenvalue weighted by Crippen LogP contribution is 2.36. The van der Waals surface area contributed by atoms with E-state index < -0.39 is 27.0 Å². The lowest BCUT2D eigenvalue weighted by Crippen LogP contribution is -2.41. The van der Waals surface area contributed by atoms with Crippen LogP contribution in [0.1, 0.15) is 18.4 Å². The lowest BCUT2D eigenvalue weighted by molar-refractivity contribution is -0.137. The minimum absolute atomic E-state index is 0.307. The Morgan fingerprint density at radius 2 is 1.81 bits per heavy atom. The normalized spacial score (nSPS) is 18.0. The molecule has 0 unspecified atom stereocenters. The number of alkyl halides is 3. The average molecular weight is 387 g/mol. The number of piperidine rings is 1. The van der Waals surface area contributed by atoms with Crippen LogP contribution in [0.2, 0.25) is 0 Å². The van der Waals surface area contributed by atoms with Crippen molar-refractivity contribution in [1.82, 2.24) is 0 Å². The summed E-state index contributed by atoms with van der Waals surface area (Å²) in [4.78, 5) is 1.74. The molecule has 0 spiro atoms. The van der Waals surface area contributed by atoms with Crippen molar-refractivity contribution in [3.8, 4) is 0 Å². The number of rotatable bonds is 2. The molecule has 9 heteroatoms. The number of hydrogen-bond acceptors (Lipinski definition) is 3. The van der Waals surface area contributed by atoms with Gasteiger partial charge in [-0.05, 0) is 47.0 Å². The van der Waals surface area contributed by atoms with Gasteiger partial charge in [0.05, 0.1) is 16.5 Å². The molecule has 118 valence electrons. The van der Waals surface area contributed by atoms with Gasteiger partial charge in [-0.2, -0.15) is 13.2 Å². The van der Waals surface area contributed by atoms with Crippen LogP contribution in [0.15, 0.2) is 22.7 Å². The van der Waals surface area contributed by atoms with Crippen molar-refractivity contribution in [3.63, 3.8) is 0 Å². The molecule has 21 heavy (non-hydrogen) atoms. The number of hydrogen-bond donors (Lipinski definition) is 1. The van der Waals surface area contributed by atoms with E-state index in [0.29, 0.717) is 36.1 Å². The predicted octanol–water partition coefficient (Wildman–Crippen LogP) is 2.73. The maximum atomic E-state index is 12.8. The summed E-state index contributed by atoms with van der Waals surface area (Å²) in [5, 5.41) is 4.47. The molecule has 1 aromatic carbocycles. The first kappa shape index (κ1) is 16.6. The summed E-state index contributed by atoms with van der Waals surface area (Å²) in [6.45, 7) is 0.696. The second-order valence-corrected chi connectivity index (χ2v) is 7.64. The fourth-order valence-corrected chi connectivity index (χ4v) is 3.72. The second kappa shape index (κ2) is 5.77. The van der Waals surface area contributed by atoms with Crippen LogP contribution in [-0.4, -0.2) is 26.8 Å². The van der Waals surface area contributed by atoms with Gasteiger partial charge in [0.25, 0.3) is 0 Å². The number of nitrogens with zero attached hydrogens (tertiary/aromatic N) is 1. The van der Waals surface area contributed by atoms with Crippen LogP contribution in [0.25, 0.3) is 0 Å². The Kier molecular flexibility index (Phi) is 4.55. The van der Waals surface area contributed by atoms with Gasteiger partial charge in [-0.25, -0.2) is 13.6 Å². The minimum atomic E-state index is -4.41. The first-order chi connectivity index (χ1) is 9.59. The Balaban J connectivity index is 2.21. The molecule has 1 aliphatic rings. The van der Waals surface area contributed by atoms with Gasteiger partial charge >= 0.3 is 6.18 Å². The molecule has 2 rings (SSSR count). The summed E-state index contributed by atoms with van der Waals surface area (Å²) in [6.07, 6.45) is -3.79. The molecule has 1 fully saturated rings. The van der Waals surface area contributed by atoms with Gasteiger partial charge in [0.15, 0.2) is 0 Å². The molecule has 2 N–H and O–H groups in total. The fourth-order valence-electron chi connectivity index (χ4n) is 2.36. The van der Waals surface area contributed by atoms with E-state index in [1.807, 2.05) is 0 Å². The maximum Gasteiger partial charge on any atom is 0.416 e. The average Bonchev–Trinajstić information content (AvgIpc) is 2.37. The lowest BCUT2D eigenvalue weighted by atomic mass is 10.1. The third-order valence-electron chi connectivity index (χ3n) is 3.52. The molecule has 1 saturated heterocycles. The van der Waals surface area contributed by atoms with Crippen molar-refractivity contribution in [2.75, 3.05) is 18.0 Å². The van der Waals surface area contributed by atoms with Crippen LogP contribution >= 0.6 is 15.9 Å². The first-order valence-electron chi connectivity index (χ1n) is 6.22. The molecule has 1 aromatic rings. The van der Waals surface area contributed by atoms with E-state index in [1.165, 1.54) is 6.07 Å². The Morgan fingerprint density at radius 3 is 2.29 bits per heavy atom. The van der Waals surface area contributed by atoms with E-state index in [4.69, 9.17) is 5.14 Å². The molecule has 0 aromatic heterocycles. The van der Waals surface area contributed by atoms with Gasteiger partial charge in [0, 0.05) is 17.6 Å². The van der Waals surface area contributed by atoms with Crippen molar-refractivity contribution in [1.29, 1.82) is 0 Å². The van der Waals surface area contributed by atoms with Gasteiger partial charge in [0.1, 0.15) is 0 Å². The second-order valence-electron chi connectivity index (χ2n) is 4.94. The monoisotopic (exact) mass is 386 g/mol. The van der Waals surface area contributed by atoms with Crippen molar-refractivity contribution in [3.05, 3.63) is 28.2 Å². The number of primary sulfonamides is 1. The van der Waals surface area contributed by atoms with Gasteiger partial charge in [0.2, 0.25) is 10.0 Å². The SMILES string of the molecule is NS(=O)(=O)C1CCN(c2cc(C(F)(F)F)ccc2Br)CC1. The summed E-state index contributed by atoms with van der Waals surface area (Å²) >= 11 is 3.24. The van der Waals surface area contributed by atoms with Gasteiger partial charge < -0.3 is 4.90 Å². The smallest absolute Gasteiger partial charge is 0.371 e. The van der Waals surface area contributed by atoms with E-state index in [1.54, 1.807) is 4.90 Å². The molecular weight excluding hydrogens is 373 g/mol. The summed E-state index contributed by atoms with van der Waals surface area (Å²) < 4.78 is 61.4. The lowest BCUT2D eigenvalue weighted by Gasteiger charge is -2.33. The van der Waals surface area contributed by atoms with Crippen molar-refractivity contribution in [2.24, 2.45) is 5.14 Å². The first-order valence-corrected chi connectivity index (χ1v) is 8.62. The van der Waals surface area contributed by atoms with Crippen molar-refractivity contribution in [2.45, 2.75) is 24.3 Å². The van der Waals surface area contributed by atoms with Crippen LogP contribution in [-0.2, 0) is 16.2 Å². The maximum absolute atomic E-state index is 12.8. The minimum Gasteiger partial charge on any atom is -0.371 e. The van der Waals surface area contributed by atoms with Crippen LogP contribution in [0.5, 0.6) is 0 Å². The highest BCUT2D eigenvalue weighted by Gasteiger charge is 2.33. The van der Waals surface area contributed by atoms with Crippen molar-refractivity contribution >= 4 is 31.6 Å². The summed E-state index contributed by atoms with van der Waals surface area (Å²) in [6, 6.07) is 3.43. The van der Waals surface area contributed by atoms with Crippen LogP contribution in [0.4, 0.5) is 18.9 Å². The third-order valence-corrected chi connectivity index (χ3v) is 5.59. The Labute approximate surface area is 129 Å². The number of sulfonamides is 1. The zero-order valence-electron chi connectivity index (χ0n) is 10.9. The van der Waals surface area contributed by atoms with Gasteiger partial charge in [-0.3, -0.25) is 0 Å². The van der Waals surface area contributed by atoms with Crippen molar-refractivity contribution < 1.29 is 21.6 Å². The Hall–Kier alpha value is -0.800. The van der Waals surface area contributed by atoms with Crippen LogP contribution < -0.4 is 10.0 Å². The Bertz CT molecular complexity index is 626. The summed E-state index contributed by atoms with van der Waals surface area (Å²) in [5.41, 5.74) is -0.313. The summed E-state index contributed by atoms with van der Waals surface area (Å²) in [5.74, 6) is 0. The van der Waals surface area contributed by atoms with Crippen LogP contribution in [0, 0.1) is 0 Å².